The molecular weight excluding hydrogens is 737 g/mol. The van der Waals surface area contributed by atoms with Crippen molar-refractivity contribution in [1.29, 1.82) is 0 Å². The Morgan fingerprint density at radius 3 is 2.17 bits per heavy atom. The molecule has 0 spiro atoms. The van der Waals surface area contributed by atoms with Crippen molar-refractivity contribution in [2.75, 3.05) is 19.7 Å². The molecule has 3 heterocycles. The van der Waals surface area contributed by atoms with Crippen molar-refractivity contribution in [3.63, 3.8) is 0 Å². The summed E-state index contributed by atoms with van der Waals surface area (Å²) < 4.78 is 134. The molecule has 1 aromatic heterocycles. The SMILES string of the molecule is Cn1c(=O)c(-c2cccc3c(C[C@H](NC(=O)C4(C(F)(F)F)CCN(C5CCO[C@H](C(F)(F)F)C5)CC4)C(=O)O)cccc23)c(C(F)(F)F)c2ccccc21. The van der Waals surface area contributed by atoms with Crippen molar-refractivity contribution in [3.05, 3.63) is 82.1 Å². The van der Waals surface area contributed by atoms with Crippen LogP contribution >= 0.6 is 0 Å². The van der Waals surface area contributed by atoms with E-state index in [2.05, 4.69) is 0 Å². The van der Waals surface area contributed by atoms with Gasteiger partial charge in [-0.15, -0.1) is 0 Å². The van der Waals surface area contributed by atoms with Crippen LogP contribution in [0.1, 0.15) is 36.8 Å². The molecule has 6 rings (SSSR count). The average Bonchev–Trinajstić information content (AvgIpc) is 3.11. The molecule has 0 radical (unpaired) electrons. The fourth-order valence-electron chi connectivity index (χ4n) is 7.78. The first kappa shape index (κ1) is 39.1. The molecule has 1 amide bonds. The summed E-state index contributed by atoms with van der Waals surface area (Å²) >= 11 is 0. The summed E-state index contributed by atoms with van der Waals surface area (Å²) in [4.78, 5) is 41.0. The third kappa shape index (κ3) is 7.14. The Hall–Kier alpha value is -4.64. The molecule has 17 heteroatoms. The molecule has 54 heavy (non-hydrogen) atoms. The van der Waals surface area contributed by atoms with Crippen LogP contribution in [0.5, 0.6) is 0 Å². The number of halogens is 9. The van der Waals surface area contributed by atoms with E-state index in [1.807, 2.05) is 5.32 Å². The molecule has 2 saturated heterocycles. The highest BCUT2D eigenvalue weighted by molar-refractivity contribution is 6.02. The van der Waals surface area contributed by atoms with Crippen molar-refractivity contribution in [3.8, 4) is 11.1 Å². The molecule has 1 unspecified atom stereocenters. The number of nitrogens with zero attached hydrogens (tertiary/aromatic N) is 2. The van der Waals surface area contributed by atoms with E-state index in [9.17, 15) is 59.0 Å². The summed E-state index contributed by atoms with van der Waals surface area (Å²) in [7, 11) is 1.33. The van der Waals surface area contributed by atoms with Gasteiger partial charge in [0, 0.05) is 31.5 Å². The third-order valence-electron chi connectivity index (χ3n) is 10.7. The molecular formula is C37H34F9N3O5. The van der Waals surface area contributed by atoms with Gasteiger partial charge in [-0.3, -0.25) is 9.59 Å². The number of fused-ring (bicyclic) bond motifs is 2. The maximum absolute atomic E-state index is 14.7. The van der Waals surface area contributed by atoms with E-state index in [1.54, 1.807) is 0 Å². The van der Waals surface area contributed by atoms with Gasteiger partial charge < -0.3 is 24.6 Å². The second-order valence-corrected chi connectivity index (χ2v) is 13.7. The zero-order valence-corrected chi connectivity index (χ0v) is 28.5. The summed E-state index contributed by atoms with van der Waals surface area (Å²) in [6.07, 6.45) is -19.4. The number of amides is 1. The molecule has 8 nitrogen and oxygen atoms in total. The average molecular weight is 772 g/mol. The van der Waals surface area contributed by atoms with E-state index < -0.39 is 96.4 Å². The van der Waals surface area contributed by atoms with Gasteiger partial charge in [0.15, 0.2) is 6.10 Å². The van der Waals surface area contributed by atoms with Gasteiger partial charge in [0.2, 0.25) is 5.91 Å². The maximum Gasteiger partial charge on any atom is 0.417 e. The van der Waals surface area contributed by atoms with E-state index in [1.165, 1.54) is 72.6 Å². The molecule has 2 aliphatic heterocycles. The number of piperidine rings is 1. The van der Waals surface area contributed by atoms with Crippen LogP contribution in [0.3, 0.4) is 0 Å². The zero-order chi connectivity index (χ0) is 39.4. The second kappa shape index (κ2) is 14.2. The predicted octanol–water partition coefficient (Wildman–Crippen LogP) is 7.24. The molecule has 0 aliphatic carbocycles. The first-order valence-corrected chi connectivity index (χ1v) is 17.0. The molecule has 290 valence electrons. The standard InChI is InChI=1S/C37H34F9N3O5/c1-48-27-11-3-2-7-25(27)30(36(41,42)43)29(31(48)50)24-10-5-8-22-20(6-4-9-23(22)24)18-26(32(51)52)47-33(53)34(37(44,45)46)13-15-49(16-14-34)21-12-17-54-28(19-21)35(38,39)40/h2-11,21,26,28H,12-19H2,1H3,(H,47,53)(H,51,52)/t21?,26-,28-/m0/s1. The molecule has 3 atom stereocenters. The number of carbonyl (C=O) groups excluding carboxylic acids is 1. The second-order valence-electron chi connectivity index (χ2n) is 13.7. The molecule has 2 N–H and O–H groups in total. The molecule has 2 fully saturated rings. The fourth-order valence-corrected chi connectivity index (χ4v) is 7.78. The number of hydrogen-bond acceptors (Lipinski definition) is 5. The molecule has 2 aliphatic rings. The summed E-state index contributed by atoms with van der Waals surface area (Å²) in [5, 5.41) is 12.2. The fraction of sp³-hybridized carbons (Fsp3) is 0.432. The Morgan fingerprint density at radius 2 is 1.54 bits per heavy atom. The van der Waals surface area contributed by atoms with Crippen LogP contribution in [-0.2, 0) is 34.0 Å². The number of rotatable bonds is 7. The minimum absolute atomic E-state index is 0.0422. The minimum Gasteiger partial charge on any atom is -0.480 e. The lowest BCUT2D eigenvalue weighted by atomic mass is 9.75. The Morgan fingerprint density at radius 1 is 0.907 bits per heavy atom. The van der Waals surface area contributed by atoms with Crippen molar-refractivity contribution in [2.45, 2.75) is 68.8 Å². The summed E-state index contributed by atoms with van der Waals surface area (Å²) in [5.41, 5.74) is -5.73. The zero-order valence-electron chi connectivity index (χ0n) is 28.5. The quantitative estimate of drug-likeness (QED) is 0.192. The van der Waals surface area contributed by atoms with Crippen LogP contribution in [-0.4, -0.2) is 76.7 Å². The number of ether oxygens (including phenoxy) is 1. The van der Waals surface area contributed by atoms with Gasteiger partial charge in [-0.25, -0.2) is 4.79 Å². The number of carbonyl (C=O) groups is 2. The Labute approximate surface area is 301 Å². The van der Waals surface area contributed by atoms with Crippen LogP contribution in [0.2, 0.25) is 0 Å². The smallest absolute Gasteiger partial charge is 0.417 e. The molecule has 0 saturated carbocycles. The van der Waals surface area contributed by atoms with Crippen LogP contribution in [0, 0.1) is 5.41 Å². The lowest BCUT2D eigenvalue weighted by molar-refractivity contribution is -0.244. The first-order chi connectivity index (χ1) is 25.2. The maximum atomic E-state index is 14.7. The van der Waals surface area contributed by atoms with E-state index >= 15 is 0 Å². The Bertz CT molecular complexity index is 2140. The summed E-state index contributed by atoms with van der Waals surface area (Å²) in [6, 6.07) is 11.2. The molecule has 4 aromatic rings. The summed E-state index contributed by atoms with van der Waals surface area (Å²) in [6.45, 7) is -0.991. The van der Waals surface area contributed by atoms with Gasteiger partial charge in [0.1, 0.15) is 11.5 Å². The van der Waals surface area contributed by atoms with Crippen LogP contribution < -0.4 is 10.9 Å². The van der Waals surface area contributed by atoms with Crippen LogP contribution in [0.15, 0.2) is 65.5 Å². The van der Waals surface area contributed by atoms with Gasteiger partial charge in [-0.1, -0.05) is 54.6 Å². The van der Waals surface area contributed by atoms with Crippen LogP contribution in [0.4, 0.5) is 39.5 Å². The number of hydrogen-bond donors (Lipinski definition) is 2. The van der Waals surface area contributed by atoms with E-state index in [0.29, 0.717) is 0 Å². The van der Waals surface area contributed by atoms with Crippen molar-refractivity contribution in [1.82, 2.24) is 14.8 Å². The lowest BCUT2D eigenvalue weighted by Gasteiger charge is -2.46. The van der Waals surface area contributed by atoms with Crippen LogP contribution in [0.25, 0.3) is 32.8 Å². The number of nitrogens with one attached hydrogen (secondary N) is 1. The Kier molecular flexibility index (Phi) is 10.3. The molecule has 0 bridgehead atoms. The van der Waals surface area contributed by atoms with E-state index in [-0.39, 0.29) is 58.9 Å². The highest BCUT2D eigenvalue weighted by atomic mass is 19.4. The lowest BCUT2D eigenvalue weighted by Crippen LogP contribution is -2.60. The minimum atomic E-state index is -5.15. The number of aryl methyl sites for hydroxylation is 1. The summed E-state index contributed by atoms with van der Waals surface area (Å²) in [5.74, 6) is -3.30. The number of benzene rings is 3. The number of aromatic nitrogens is 1. The highest BCUT2D eigenvalue weighted by Crippen LogP contribution is 2.48. The van der Waals surface area contributed by atoms with E-state index in [4.69, 9.17) is 4.74 Å². The van der Waals surface area contributed by atoms with Gasteiger partial charge in [-0.2, -0.15) is 39.5 Å². The number of pyridine rings is 1. The number of para-hydroxylation sites is 1. The number of carboxylic acid groups (broad SMARTS) is 1. The first-order valence-electron chi connectivity index (χ1n) is 17.0. The predicted molar refractivity (Wildman–Crippen MR) is 179 cm³/mol. The number of aliphatic carboxylic acids is 1. The van der Waals surface area contributed by atoms with Crippen molar-refractivity contribution >= 4 is 33.6 Å². The van der Waals surface area contributed by atoms with Gasteiger partial charge >= 0.3 is 24.5 Å². The number of alkyl halides is 9. The highest BCUT2D eigenvalue weighted by Gasteiger charge is 2.61. The number of likely N-dealkylation sites (tertiary alicyclic amines) is 1. The molecule has 3 aromatic carbocycles. The monoisotopic (exact) mass is 771 g/mol. The van der Waals surface area contributed by atoms with Gasteiger partial charge in [0.05, 0.1) is 16.6 Å². The van der Waals surface area contributed by atoms with Gasteiger partial charge in [0.25, 0.3) is 5.56 Å². The normalized spacial score (nSPS) is 20.6. The van der Waals surface area contributed by atoms with E-state index in [0.717, 1.165) is 4.57 Å². The van der Waals surface area contributed by atoms with Crippen molar-refractivity contribution < 1.29 is 58.9 Å². The number of carboxylic acids is 1. The third-order valence-corrected chi connectivity index (χ3v) is 10.7. The Balaban J connectivity index is 1.30. The van der Waals surface area contributed by atoms with Crippen molar-refractivity contribution in [2.24, 2.45) is 12.5 Å². The van der Waals surface area contributed by atoms with Gasteiger partial charge in [-0.05, 0) is 66.7 Å². The largest absolute Gasteiger partial charge is 0.480 e. The topological polar surface area (TPSA) is 101 Å².